The van der Waals surface area contributed by atoms with Crippen LogP contribution in [0.5, 0.6) is 0 Å². The molecule has 0 aromatic heterocycles. The fraction of sp³-hybridized carbons (Fsp3) is 0.167. The minimum Gasteiger partial charge on any atom is -0.595 e. The molecule has 1 saturated heterocycles. The lowest BCUT2D eigenvalue weighted by molar-refractivity contribution is -0.990. The molecular formula is C24H18N2O4. The standard InChI is InChI=1S/C24H18N2O4/c27-23-21-19-13-7-1-2-8-14(13)20(16-10-4-3-9-15(16)19)22(21)24(28)25(23)17-11-5-6-12-18(17)26(29)30/h1-12,19-22,26,29H/t19?,20?,21-,22+. The van der Waals surface area contributed by atoms with E-state index in [9.17, 15) is 20.0 Å². The normalized spacial score (nSPS) is 26.9. The number of imide groups is 1. The molecule has 3 aliphatic carbocycles. The van der Waals surface area contributed by atoms with Crippen LogP contribution >= 0.6 is 0 Å². The van der Waals surface area contributed by atoms with Crippen LogP contribution in [-0.4, -0.2) is 17.0 Å². The van der Waals surface area contributed by atoms with Gasteiger partial charge in [0.2, 0.25) is 11.8 Å². The number of anilines is 1. The maximum atomic E-state index is 13.6. The quantitative estimate of drug-likeness (QED) is 0.513. The van der Waals surface area contributed by atoms with Gasteiger partial charge in [-0.15, -0.1) is 0 Å². The molecule has 1 unspecified atom stereocenters. The topological polar surface area (TPSA) is 85.1 Å². The minimum atomic E-state index is -1.16. The van der Waals surface area contributed by atoms with Crippen molar-refractivity contribution in [1.29, 1.82) is 0 Å². The molecule has 2 amide bonds. The summed E-state index contributed by atoms with van der Waals surface area (Å²) >= 11 is 0. The number of nitrogens with one attached hydrogen (secondary N) is 1. The van der Waals surface area contributed by atoms with Crippen molar-refractivity contribution >= 4 is 23.2 Å². The molecule has 1 heterocycles. The van der Waals surface area contributed by atoms with Crippen LogP contribution in [0.15, 0.2) is 72.8 Å². The Morgan fingerprint density at radius 3 is 1.53 bits per heavy atom. The number of nitrogens with zero attached hydrogens (tertiary/aromatic N) is 1. The third kappa shape index (κ3) is 2.07. The number of hydrogen-bond donors (Lipinski definition) is 2. The molecule has 6 heteroatoms. The van der Waals surface area contributed by atoms with Gasteiger partial charge in [0.25, 0.3) is 0 Å². The first-order valence-corrected chi connectivity index (χ1v) is 9.97. The molecule has 7 rings (SSSR count). The summed E-state index contributed by atoms with van der Waals surface area (Å²) < 4.78 is 0. The average Bonchev–Trinajstić information content (AvgIpc) is 3.04. The molecule has 30 heavy (non-hydrogen) atoms. The molecule has 0 saturated carbocycles. The number of benzene rings is 3. The second kappa shape index (κ2) is 6.09. The van der Waals surface area contributed by atoms with Crippen LogP contribution in [0.4, 0.5) is 11.4 Å². The van der Waals surface area contributed by atoms with Gasteiger partial charge in [-0.05, 0) is 28.3 Å². The first-order valence-electron chi connectivity index (χ1n) is 9.97. The molecule has 3 aromatic carbocycles. The molecule has 1 fully saturated rings. The SMILES string of the molecule is O=C1[C@@H]2C3c4ccccc4C(c4ccccc43)[C@@H]2C(=O)N1c1ccccc1[NH+]([O-])O. The van der Waals surface area contributed by atoms with Crippen LogP contribution in [0.2, 0.25) is 0 Å². The Morgan fingerprint density at radius 2 is 1.10 bits per heavy atom. The Balaban J connectivity index is 1.57. The van der Waals surface area contributed by atoms with Gasteiger partial charge in [0.15, 0.2) is 5.69 Å². The number of hydrogen-bond acceptors (Lipinski definition) is 4. The van der Waals surface area contributed by atoms with Crippen molar-refractivity contribution in [3.63, 3.8) is 0 Å². The van der Waals surface area contributed by atoms with Crippen molar-refractivity contribution in [2.45, 2.75) is 11.8 Å². The summed E-state index contributed by atoms with van der Waals surface area (Å²) in [6.07, 6.45) is 0. The highest BCUT2D eigenvalue weighted by Crippen LogP contribution is 2.61. The van der Waals surface area contributed by atoms with E-state index in [0.717, 1.165) is 27.2 Å². The lowest BCUT2D eigenvalue weighted by Gasteiger charge is -2.45. The van der Waals surface area contributed by atoms with Crippen molar-refractivity contribution in [1.82, 2.24) is 0 Å². The van der Waals surface area contributed by atoms with Gasteiger partial charge in [-0.3, -0.25) is 9.59 Å². The molecule has 2 N–H and O–H groups in total. The van der Waals surface area contributed by atoms with Crippen LogP contribution in [0.1, 0.15) is 34.1 Å². The Bertz CT molecular complexity index is 1110. The average molecular weight is 398 g/mol. The third-order valence-electron chi connectivity index (χ3n) is 6.82. The Hall–Kier alpha value is -3.32. The van der Waals surface area contributed by atoms with Crippen molar-refractivity contribution in [2.75, 3.05) is 4.90 Å². The predicted molar refractivity (Wildman–Crippen MR) is 108 cm³/mol. The van der Waals surface area contributed by atoms with Crippen molar-refractivity contribution in [3.8, 4) is 0 Å². The van der Waals surface area contributed by atoms with Gasteiger partial charge in [-0.2, -0.15) is 5.23 Å². The fourth-order valence-electron chi connectivity index (χ4n) is 5.76. The van der Waals surface area contributed by atoms with E-state index in [-0.39, 0.29) is 35.0 Å². The molecule has 4 aliphatic rings. The van der Waals surface area contributed by atoms with Crippen molar-refractivity contribution < 1.29 is 20.0 Å². The summed E-state index contributed by atoms with van der Waals surface area (Å²) in [4.78, 5) is 28.4. The van der Waals surface area contributed by atoms with Gasteiger partial charge in [-0.1, -0.05) is 60.7 Å². The first kappa shape index (κ1) is 17.5. The van der Waals surface area contributed by atoms with Crippen molar-refractivity contribution in [3.05, 3.63) is 100 Å². The highest BCUT2D eigenvalue weighted by atomic mass is 16.8. The Kier molecular flexibility index (Phi) is 3.56. The second-order valence-corrected chi connectivity index (χ2v) is 8.10. The summed E-state index contributed by atoms with van der Waals surface area (Å²) in [5.74, 6) is -2.06. The number of amides is 2. The summed E-state index contributed by atoms with van der Waals surface area (Å²) in [6.45, 7) is 0. The largest absolute Gasteiger partial charge is 0.595 e. The molecule has 3 aromatic rings. The Labute approximate surface area is 172 Å². The van der Waals surface area contributed by atoms with E-state index in [4.69, 9.17) is 0 Å². The van der Waals surface area contributed by atoms with E-state index in [1.807, 2.05) is 48.5 Å². The second-order valence-electron chi connectivity index (χ2n) is 8.10. The van der Waals surface area contributed by atoms with Crippen LogP contribution < -0.4 is 10.1 Å². The number of quaternary nitrogens is 1. The monoisotopic (exact) mass is 398 g/mol. The van der Waals surface area contributed by atoms with E-state index in [1.165, 1.54) is 6.07 Å². The van der Waals surface area contributed by atoms with Crippen LogP contribution in [0, 0.1) is 17.0 Å². The summed E-state index contributed by atoms with van der Waals surface area (Å²) in [5, 5.41) is 20.2. The van der Waals surface area contributed by atoms with Crippen LogP contribution in [0.25, 0.3) is 0 Å². The molecule has 148 valence electrons. The highest BCUT2D eigenvalue weighted by Gasteiger charge is 2.62. The van der Waals surface area contributed by atoms with E-state index in [0.29, 0.717) is 0 Å². The predicted octanol–water partition coefficient (Wildman–Crippen LogP) is 2.49. The van der Waals surface area contributed by atoms with Gasteiger partial charge in [0.05, 0.1) is 11.8 Å². The van der Waals surface area contributed by atoms with Gasteiger partial charge in [-0.25, -0.2) is 10.1 Å². The zero-order valence-electron chi connectivity index (χ0n) is 15.9. The Morgan fingerprint density at radius 1 is 0.700 bits per heavy atom. The summed E-state index contributed by atoms with van der Waals surface area (Å²) in [5.41, 5.74) is 4.49. The van der Waals surface area contributed by atoms with Crippen LogP contribution in [-0.2, 0) is 9.59 Å². The van der Waals surface area contributed by atoms with Crippen LogP contribution in [0.3, 0.4) is 0 Å². The van der Waals surface area contributed by atoms with Gasteiger partial charge in [0, 0.05) is 17.9 Å². The molecule has 3 atom stereocenters. The maximum Gasteiger partial charge on any atom is 0.238 e. The smallest absolute Gasteiger partial charge is 0.238 e. The van der Waals surface area contributed by atoms with E-state index in [1.54, 1.807) is 18.2 Å². The fourth-order valence-corrected chi connectivity index (χ4v) is 5.76. The summed E-state index contributed by atoms with van der Waals surface area (Å²) in [6, 6.07) is 22.3. The van der Waals surface area contributed by atoms with Gasteiger partial charge in [0.1, 0.15) is 5.69 Å². The summed E-state index contributed by atoms with van der Waals surface area (Å²) in [7, 11) is 0. The first-order chi connectivity index (χ1) is 14.6. The van der Waals surface area contributed by atoms with E-state index < -0.39 is 17.1 Å². The number of para-hydroxylation sites is 2. The molecule has 0 radical (unpaired) electrons. The highest BCUT2D eigenvalue weighted by molar-refractivity contribution is 6.24. The minimum absolute atomic E-state index is 0.0415. The zero-order valence-corrected chi connectivity index (χ0v) is 15.9. The number of carbonyl (C=O) groups excluding carboxylic acids is 2. The van der Waals surface area contributed by atoms with E-state index in [2.05, 4.69) is 0 Å². The molecule has 6 nitrogen and oxygen atoms in total. The molecule has 0 spiro atoms. The lowest BCUT2D eigenvalue weighted by atomic mass is 9.55. The molecule has 1 aliphatic heterocycles. The molecule has 2 bridgehead atoms. The lowest BCUT2D eigenvalue weighted by Crippen LogP contribution is -2.99. The third-order valence-corrected chi connectivity index (χ3v) is 6.82. The molecular weight excluding hydrogens is 380 g/mol. The number of rotatable bonds is 2. The zero-order chi connectivity index (χ0) is 20.6. The van der Waals surface area contributed by atoms with Crippen molar-refractivity contribution in [2.24, 2.45) is 11.8 Å². The van der Waals surface area contributed by atoms with Gasteiger partial charge >= 0.3 is 0 Å². The maximum absolute atomic E-state index is 13.6. The van der Waals surface area contributed by atoms with E-state index >= 15 is 0 Å². The number of carbonyl (C=O) groups is 2. The van der Waals surface area contributed by atoms with Gasteiger partial charge < -0.3 is 5.21 Å².